The normalized spacial score (nSPS) is 17.9. The summed E-state index contributed by atoms with van der Waals surface area (Å²) in [6.07, 6.45) is 13.0. The molecule has 36 heavy (non-hydrogen) atoms. The number of hydrogen-bond donors (Lipinski definition) is 0. The number of hydrogen-bond acceptors (Lipinski definition) is 0. The molecule has 0 radical (unpaired) electrons. The topological polar surface area (TPSA) is 0 Å². The van der Waals surface area contributed by atoms with Gasteiger partial charge in [0.1, 0.15) is 22.5 Å². The van der Waals surface area contributed by atoms with E-state index >= 15 is 0 Å². The van der Waals surface area contributed by atoms with Crippen LogP contribution in [0.3, 0.4) is 0 Å². The van der Waals surface area contributed by atoms with Crippen LogP contribution in [-0.2, 0) is 19.3 Å². The summed E-state index contributed by atoms with van der Waals surface area (Å²) in [5, 5.41) is -0.568. The lowest BCUT2D eigenvalue weighted by atomic mass is 9.77. The minimum Gasteiger partial charge on any atom is -0.206 e. The summed E-state index contributed by atoms with van der Waals surface area (Å²) < 4.78 is 42.3. The predicted octanol–water partition coefficient (Wildman–Crippen LogP) is 10.1. The van der Waals surface area contributed by atoms with Gasteiger partial charge in [0.25, 0.3) is 0 Å². The molecule has 1 aliphatic rings. The fourth-order valence-electron chi connectivity index (χ4n) is 5.46. The lowest BCUT2D eigenvalue weighted by molar-refractivity contribution is 0.253. The maximum absolute atomic E-state index is 14.7. The molecule has 3 aromatic carbocycles. The SMILES string of the molecule is CCCCc1ccc(CCC2CCC(CCc3ccc(-c4cc(F)c(Cl)c(F)c4)c(F)c3)CC2)cc1. The Morgan fingerprint density at radius 2 is 1.17 bits per heavy atom. The molecule has 0 aliphatic heterocycles. The Hall–Kier alpha value is -2.26. The highest BCUT2D eigenvalue weighted by atomic mass is 35.5. The summed E-state index contributed by atoms with van der Waals surface area (Å²) in [6, 6.07) is 16.3. The smallest absolute Gasteiger partial charge is 0.145 e. The van der Waals surface area contributed by atoms with E-state index in [2.05, 4.69) is 31.2 Å². The molecule has 0 N–H and O–H groups in total. The van der Waals surface area contributed by atoms with Crippen LogP contribution in [0.2, 0.25) is 5.02 Å². The van der Waals surface area contributed by atoms with E-state index < -0.39 is 22.5 Å². The first-order chi connectivity index (χ1) is 17.4. The third kappa shape index (κ3) is 7.16. The molecule has 3 aromatic rings. The number of aryl methyl sites for hydroxylation is 3. The molecule has 0 saturated heterocycles. The lowest BCUT2D eigenvalue weighted by Gasteiger charge is -2.28. The number of benzene rings is 3. The van der Waals surface area contributed by atoms with Gasteiger partial charge in [0.2, 0.25) is 0 Å². The third-order valence-electron chi connectivity index (χ3n) is 7.82. The van der Waals surface area contributed by atoms with Gasteiger partial charge >= 0.3 is 0 Å². The van der Waals surface area contributed by atoms with Crippen LogP contribution in [0.4, 0.5) is 13.2 Å². The van der Waals surface area contributed by atoms with Crippen molar-refractivity contribution in [1.29, 1.82) is 0 Å². The van der Waals surface area contributed by atoms with Crippen molar-refractivity contribution in [3.05, 3.63) is 93.8 Å². The second-order valence-corrected chi connectivity index (χ2v) is 10.8. The van der Waals surface area contributed by atoms with Crippen molar-refractivity contribution in [3.8, 4) is 11.1 Å². The molecule has 0 bridgehead atoms. The first-order valence-corrected chi connectivity index (χ1v) is 13.8. The first-order valence-electron chi connectivity index (χ1n) is 13.4. The summed E-state index contributed by atoms with van der Waals surface area (Å²) in [4.78, 5) is 0. The van der Waals surface area contributed by atoms with Gasteiger partial charge in [0.15, 0.2) is 0 Å². The van der Waals surface area contributed by atoms with E-state index in [0.717, 1.165) is 42.9 Å². The van der Waals surface area contributed by atoms with E-state index in [1.165, 1.54) is 68.6 Å². The molecule has 0 nitrogen and oxygen atoms in total. The van der Waals surface area contributed by atoms with E-state index in [0.29, 0.717) is 5.92 Å². The Morgan fingerprint density at radius 3 is 1.69 bits per heavy atom. The molecule has 0 spiro atoms. The van der Waals surface area contributed by atoms with Gasteiger partial charge in [-0.15, -0.1) is 0 Å². The summed E-state index contributed by atoms with van der Waals surface area (Å²) in [5.41, 5.74) is 4.17. The van der Waals surface area contributed by atoms with Gasteiger partial charge < -0.3 is 0 Å². The van der Waals surface area contributed by atoms with Gasteiger partial charge in [-0.05, 0) is 90.8 Å². The Kier molecular flexibility index (Phi) is 9.53. The first kappa shape index (κ1) is 26.8. The van der Waals surface area contributed by atoms with Gasteiger partial charge in [0.05, 0.1) is 0 Å². The second kappa shape index (κ2) is 12.8. The van der Waals surface area contributed by atoms with Crippen LogP contribution in [0.15, 0.2) is 54.6 Å². The van der Waals surface area contributed by atoms with Crippen molar-refractivity contribution in [3.63, 3.8) is 0 Å². The van der Waals surface area contributed by atoms with Gasteiger partial charge in [0, 0.05) is 5.56 Å². The third-order valence-corrected chi connectivity index (χ3v) is 8.18. The van der Waals surface area contributed by atoms with Crippen molar-refractivity contribution >= 4 is 11.6 Å². The predicted molar refractivity (Wildman–Crippen MR) is 144 cm³/mol. The standard InChI is InChI=1S/C32H36ClF3/c1-2-3-4-22-5-7-23(8-6-22)9-10-24-11-13-25(14-12-24)15-16-26-17-18-28(29(34)19-26)27-20-30(35)32(33)31(36)21-27/h5-8,17-21,24-25H,2-4,9-16H2,1H3. The maximum Gasteiger partial charge on any atom is 0.145 e. The average Bonchev–Trinajstić information content (AvgIpc) is 2.89. The van der Waals surface area contributed by atoms with Crippen LogP contribution in [0, 0.1) is 29.3 Å². The Balaban J connectivity index is 1.22. The quantitative estimate of drug-likeness (QED) is 0.237. The highest BCUT2D eigenvalue weighted by Crippen LogP contribution is 2.35. The van der Waals surface area contributed by atoms with E-state index in [-0.39, 0.29) is 11.1 Å². The monoisotopic (exact) mass is 512 g/mol. The van der Waals surface area contributed by atoms with Crippen molar-refractivity contribution in [1.82, 2.24) is 0 Å². The molecule has 0 atom stereocenters. The van der Waals surface area contributed by atoms with Crippen LogP contribution in [-0.4, -0.2) is 0 Å². The maximum atomic E-state index is 14.7. The number of unbranched alkanes of at least 4 members (excludes halogenated alkanes) is 1. The van der Waals surface area contributed by atoms with Crippen molar-refractivity contribution < 1.29 is 13.2 Å². The number of halogens is 4. The minimum absolute atomic E-state index is 0.157. The molecular formula is C32H36ClF3. The van der Waals surface area contributed by atoms with Gasteiger partial charge in [-0.3, -0.25) is 0 Å². The zero-order valence-corrected chi connectivity index (χ0v) is 21.9. The molecular weight excluding hydrogens is 477 g/mol. The van der Waals surface area contributed by atoms with Crippen LogP contribution >= 0.6 is 11.6 Å². The Labute approximate surface area is 218 Å². The van der Waals surface area contributed by atoms with E-state index in [1.807, 2.05) is 6.07 Å². The molecule has 0 aromatic heterocycles. The van der Waals surface area contributed by atoms with E-state index in [1.54, 1.807) is 6.07 Å². The van der Waals surface area contributed by atoms with E-state index in [9.17, 15) is 13.2 Å². The second-order valence-electron chi connectivity index (χ2n) is 10.5. The molecule has 1 saturated carbocycles. The lowest BCUT2D eigenvalue weighted by Crippen LogP contribution is -2.15. The molecule has 4 rings (SSSR count). The zero-order chi connectivity index (χ0) is 25.5. The van der Waals surface area contributed by atoms with Crippen molar-refractivity contribution in [2.24, 2.45) is 11.8 Å². The molecule has 0 amide bonds. The molecule has 192 valence electrons. The average molecular weight is 513 g/mol. The minimum atomic E-state index is -0.883. The highest BCUT2D eigenvalue weighted by molar-refractivity contribution is 6.31. The van der Waals surface area contributed by atoms with Gasteiger partial charge in [-0.2, -0.15) is 0 Å². The van der Waals surface area contributed by atoms with E-state index in [4.69, 9.17) is 11.6 Å². The van der Waals surface area contributed by atoms with Crippen LogP contribution in [0.5, 0.6) is 0 Å². The molecule has 0 unspecified atom stereocenters. The van der Waals surface area contributed by atoms with Crippen LogP contribution in [0.25, 0.3) is 11.1 Å². The zero-order valence-electron chi connectivity index (χ0n) is 21.1. The fraction of sp³-hybridized carbons (Fsp3) is 0.438. The van der Waals surface area contributed by atoms with Crippen LogP contribution < -0.4 is 0 Å². The molecule has 1 fully saturated rings. The van der Waals surface area contributed by atoms with Gasteiger partial charge in [-0.25, -0.2) is 13.2 Å². The highest BCUT2D eigenvalue weighted by Gasteiger charge is 2.21. The molecule has 1 aliphatic carbocycles. The summed E-state index contributed by atoms with van der Waals surface area (Å²) in [5.74, 6) is -0.743. The Bertz CT molecular complexity index is 1110. The molecule has 4 heteroatoms. The van der Waals surface area contributed by atoms with Crippen molar-refractivity contribution in [2.45, 2.75) is 77.6 Å². The van der Waals surface area contributed by atoms with Crippen molar-refractivity contribution in [2.75, 3.05) is 0 Å². The van der Waals surface area contributed by atoms with Gasteiger partial charge in [-0.1, -0.05) is 87.0 Å². The summed E-state index contributed by atoms with van der Waals surface area (Å²) in [6.45, 7) is 2.23. The number of rotatable bonds is 10. The Morgan fingerprint density at radius 1 is 0.667 bits per heavy atom. The molecule has 0 heterocycles. The fourth-order valence-corrected chi connectivity index (χ4v) is 5.57. The largest absolute Gasteiger partial charge is 0.206 e. The summed E-state index contributed by atoms with van der Waals surface area (Å²) in [7, 11) is 0. The summed E-state index contributed by atoms with van der Waals surface area (Å²) >= 11 is 5.55. The van der Waals surface area contributed by atoms with Crippen LogP contribution in [0.1, 0.15) is 75.0 Å².